The van der Waals surface area contributed by atoms with Crippen LogP contribution in [0.4, 0.5) is 16.2 Å². The van der Waals surface area contributed by atoms with Gasteiger partial charge in [0.2, 0.25) is 11.8 Å². The first-order valence-electron chi connectivity index (χ1n) is 11.2. The second kappa shape index (κ2) is 11.3. The van der Waals surface area contributed by atoms with Crippen LogP contribution in [0.2, 0.25) is 0 Å². The van der Waals surface area contributed by atoms with Crippen LogP contribution in [-0.2, 0) is 16.0 Å². The van der Waals surface area contributed by atoms with Crippen LogP contribution < -0.4 is 16.0 Å². The number of carbonyl (C=O) groups excluding carboxylic acids is 3. The highest BCUT2D eigenvalue weighted by molar-refractivity contribution is 5.99. The predicted octanol–water partition coefficient (Wildman–Crippen LogP) is 4.03. The van der Waals surface area contributed by atoms with Crippen molar-refractivity contribution >= 4 is 29.2 Å². The molecule has 0 spiro atoms. The Morgan fingerprint density at radius 2 is 1.50 bits per heavy atom. The Bertz CT molecular complexity index is 922. The van der Waals surface area contributed by atoms with Crippen molar-refractivity contribution in [1.82, 2.24) is 10.2 Å². The lowest BCUT2D eigenvalue weighted by molar-refractivity contribution is -0.134. The largest absolute Gasteiger partial charge is 0.343 e. The fourth-order valence-electron chi connectivity index (χ4n) is 3.80. The molecule has 0 bridgehead atoms. The van der Waals surface area contributed by atoms with Gasteiger partial charge in [-0.05, 0) is 50.8 Å². The van der Waals surface area contributed by atoms with Gasteiger partial charge >= 0.3 is 6.03 Å². The molecule has 0 unspecified atom stereocenters. The molecular weight excluding hydrogens is 404 g/mol. The summed E-state index contributed by atoms with van der Waals surface area (Å²) in [6.07, 6.45) is 2.48. The molecule has 32 heavy (non-hydrogen) atoms. The van der Waals surface area contributed by atoms with Gasteiger partial charge in [0.1, 0.15) is 0 Å². The summed E-state index contributed by atoms with van der Waals surface area (Å²) in [4.78, 5) is 39.3. The molecule has 3 N–H and O–H groups in total. The predicted molar refractivity (Wildman–Crippen MR) is 126 cm³/mol. The lowest BCUT2D eigenvalue weighted by Crippen LogP contribution is -2.41. The number of benzene rings is 2. The van der Waals surface area contributed by atoms with Crippen LogP contribution >= 0.6 is 0 Å². The first kappa shape index (κ1) is 23.3. The first-order valence-corrected chi connectivity index (χ1v) is 11.2. The van der Waals surface area contributed by atoms with Crippen LogP contribution in [0.15, 0.2) is 54.6 Å². The summed E-state index contributed by atoms with van der Waals surface area (Å²) in [6, 6.07) is 16.8. The van der Waals surface area contributed by atoms with E-state index in [-0.39, 0.29) is 29.8 Å². The van der Waals surface area contributed by atoms with Crippen LogP contribution in [0, 0.1) is 5.92 Å². The fraction of sp³-hybridized carbons (Fsp3) is 0.400. The van der Waals surface area contributed by atoms with Crippen molar-refractivity contribution in [2.45, 2.75) is 45.6 Å². The summed E-state index contributed by atoms with van der Waals surface area (Å²) in [5.74, 6) is -0.107. The van der Waals surface area contributed by atoms with Gasteiger partial charge < -0.3 is 20.9 Å². The summed E-state index contributed by atoms with van der Waals surface area (Å²) in [6.45, 7) is 4.93. The number of rotatable bonds is 7. The van der Waals surface area contributed by atoms with Gasteiger partial charge in [-0.15, -0.1) is 0 Å². The molecule has 1 heterocycles. The third kappa shape index (κ3) is 6.83. The Hall–Kier alpha value is -3.35. The number of nitrogens with zero attached hydrogens (tertiary/aromatic N) is 1. The Morgan fingerprint density at radius 1 is 0.906 bits per heavy atom. The molecule has 0 atom stereocenters. The third-order valence-corrected chi connectivity index (χ3v) is 5.54. The van der Waals surface area contributed by atoms with E-state index in [1.54, 1.807) is 18.2 Å². The molecule has 2 aromatic carbocycles. The Morgan fingerprint density at radius 3 is 2.12 bits per heavy atom. The van der Waals surface area contributed by atoms with Crippen molar-refractivity contribution in [2.75, 3.05) is 23.7 Å². The van der Waals surface area contributed by atoms with Gasteiger partial charge in [-0.3, -0.25) is 9.59 Å². The highest BCUT2D eigenvalue weighted by atomic mass is 16.2. The number of aryl methyl sites for hydroxylation is 1. The zero-order chi connectivity index (χ0) is 22.9. The van der Waals surface area contributed by atoms with Gasteiger partial charge in [-0.1, -0.05) is 42.5 Å². The number of carbonyl (C=O) groups is 3. The zero-order valence-electron chi connectivity index (χ0n) is 18.8. The van der Waals surface area contributed by atoms with Crippen molar-refractivity contribution in [3.05, 3.63) is 60.2 Å². The molecule has 1 fully saturated rings. The third-order valence-electron chi connectivity index (χ3n) is 5.54. The van der Waals surface area contributed by atoms with Crippen molar-refractivity contribution in [3.63, 3.8) is 0 Å². The second-order valence-corrected chi connectivity index (χ2v) is 8.43. The normalized spacial score (nSPS) is 14.2. The van der Waals surface area contributed by atoms with Crippen molar-refractivity contribution in [3.8, 4) is 0 Å². The number of hydrogen-bond acceptors (Lipinski definition) is 3. The van der Waals surface area contributed by atoms with E-state index in [1.807, 2.05) is 55.1 Å². The maximum absolute atomic E-state index is 12.8. The number of nitrogens with one attached hydrogen (secondary N) is 3. The molecule has 0 radical (unpaired) electrons. The average molecular weight is 437 g/mol. The molecule has 0 saturated carbocycles. The Balaban J connectivity index is 1.48. The highest BCUT2D eigenvalue weighted by Crippen LogP contribution is 2.25. The number of urea groups is 1. The molecule has 1 aliphatic rings. The minimum atomic E-state index is -0.316. The lowest BCUT2D eigenvalue weighted by atomic mass is 9.95. The lowest BCUT2D eigenvalue weighted by Gasteiger charge is -2.31. The van der Waals surface area contributed by atoms with E-state index in [9.17, 15) is 14.4 Å². The smallest absolute Gasteiger partial charge is 0.319 e. The molecule has 0 aliphatic carbocycles. The zero-order valence-corrected chi connectivity index (χ0v) is 18.8. The fourth-order valence-corrected chi connectivity index (χ4v) is 3.80. The summed E-state index contributed by atoms with van der Waals surface area (Å²) in [7, 11) is 0. The van der Waals surface area contributed by atoms with Crippen molar-refractivity contribution < 1.29 is 14.4 Å². The molecule has 7 nitrogen and oxygen atoms in total. The number of anilines is 2. The molecule has 170 valence electrons. The van der Waals surface area contributed by atoms with Gasteiger partial charge in [-0.2, -0.15) is 0 Å². The van der Waals surface area contributed by atoms with E-state index >= 15 is 0 Å². The summed E-state index contributed by atoms with van der Waals surface area (Å²) >= 11 is 0. The van der Waals surface area contributed by atoms with Crippen molar-refractivity contribution in [1.29, 1.82) is 0 Å². The monoisotopic (exact) mass is 436 g/mol. The Labute approximate surface area is 189 Å². The molecular formula is C25H32N4O3. The summed E-state index contributed by atoms with van der Waals surface area (Å²) < 4.78 is 0. The molecule has 2 aromatic rings. The number of para-hydroxylation sites is 2. The maximum Gasteiger partial charge on any atom is 0.319 e. The van der Waals surface area contributed by atoms with Crippen LogP contribution in [-0.4, -0.2) is 41.9 Å². The van der Waals surface area contributed by atoms with Crippen LogP contribution in [0.5, 0.6) is 0 Å². The molecule has 1 aliphatic heterocycles. The molecule has 1 saturated heterocycles. The topological polar surface area (TPSA) is 90.5 Å². The maximum atomic E-state index is 12.8. The minimum Gasteiger partial charge on any atom is -0.343 e. The van der Waals surface area contributed by atoms with Crippen LogP contribution in [0.25, 0.3) is 0 Å². The molecule has 4 amide bonds. The summed E-state index contributed by atoms with van der Waals surface area (Å²) in [5, 5.41) is 8.50. The minimum absolute atomic E-state index is 0.0114. The van der Waals surface area contributed by atoms with E-state index in [1.165, 1.54) is 0 Å². The van der Waals surface area contributed by atoms with Gasteiger partial charge in [0.05, 0.1) is 11.4 Å². The Kier molecular flexibility index (Phi) is 8.25. The van der Waals surface area contributed by atoms with E-state index in [4.69, 9.17) is 0 Å². The second-order valence-electron chi connectivity index (χ2n) is 8.43. The van der Waals surface area contributed by atoms with Gasteiger partial charge in [-0.25, -0.2) is 4.79 Å². The average Bonchev–Trinajstić information content (AvgIpc) is 2.79. The molecule has 7 heteroatoms. The van der Waals surface area contributed by atoms with Gasteiger partial charge in [0, 0.05) is 31.5 Å². The van der Waals surface area contributed by atoms with E-state index in [2.05, 4.69) is 16.0 Å². The van der Waals surface area contributed by atoms with E-state index in [0.29, 0.717) is 43.7 Å². The van der Waals surface area contributed by atoms with Crippen LogP contribution in [0.1, 0.15) is 38.7 Å². The summed E-state index contributed by atoms with van der Waals surface area (Å²) in [5.41, 5.74) is 2.27. The molecule has 0 aromatic heterocycles. The van der Waals surface area contributed by atoms with E-state index in [0.717, 1.165) is 12.0 Å². The van der Waals surface area contributed by atoms with Crippen LogP contribution in [0.3, 0.4) is 0 Å². The first-order chi connectivity index (χ1) is 15.4. The standard InChI is InChI=1S/C25H32N4O3/c1-18(2)26-25(32)28-22-11-7-6-10-21(22)27-24(31)20-14-16-29(17-15-20)23(30)13-12-19-8-4-3-5-9-19/h3-11,18,20H,12-17H2,1-2H3,(H,27,31)(H2,26,28,32). The highest BCUT2D eigenvalue weighted by Gasteiger charge is 2.27. The SMILES string of the molecule is CC(C)NC(=O)Nc1ccccc1NC(=O)C1CCN(C(=O)CCc2ccccc2)CC1. The van der Waals surface area contributed by atoms with Gasteiger partial charge in [0.15, 0.2) is 0 Å². The number of amides is 4. The van der Waals surface area contributed by atoms with E-state index < -0.39 is 0 Å². The van der Waals surface area contributed by atoms with Crippen molar-refractivity contribution in [2.24, 2.45) is 5.92 Å². The number of hydrogen-bond donors (Lipinski definition) is 3. The molecule has 3 rings (SSSR count). The quantitative estimate of drug-likeness (QED) is 0.612. The number of piperidine rings is 1. The number of likely N-dealkylation sites (tertiary alicyclic amines) is 1. The van der Waals surface area contributed by atoms with Gasteiger partial charge in [0.25, 0.3) is 0 Å².